The monoisotopic (exact) mass is 291 g/mol. The molecule has 0 N–H and O–H groups in total. The molecule has 0 unspecified atom stereocenters. The topological polar surface area (TPSA) is 22.1 Å². The molecule has 0 aliphatic rings. The number of hydrogen-bond acceptors (Lipinski definition) is 2. The summed E-state index contributed by atoms with van der Waals surface area (Å²) in [5.74, 6) is 0.504. The highest BCUT2D eigenvalue weighted by Crippen LogP contribution is 2.26. The van der Waals surface area contributed by atoms with Crippen LogP contribution in [0.3, 0.4) is 0 Å². The van der Waals surface area contributed by atoms with E-state index in [4.69, 9.17) is 16.3 Å². The summed E-state index contributed by atoms with van der Waals surface area (Å²) < 4.78 is 6.36. The van der Waals surface area contributed by atoms with Crippen molar-refractivity contribution in [1.29, 1.82) is 0 Å². The van der Waals surface area contributed by atoms with Gasteiger partial charge >= 0.3 is 0 Å². The smallest absolute Gasteiger partial charge is 0.232 e. The second kappa shape index (κ2) is 5.17. The third-order valence-electron chi connectivity index (χ3n) is 1.86. The van der Waals surface area contributed by atoms with Crippen LogP contribution in [0.25, 0.3) is 0 Å². The molecule has 0 amide bonds. The molecule has 0 atom stereocenters. The molecule has 84 valence electrons. The van der Waals surface area contributed by atoms with Crippen LogP contribution in [-0.2, 0) is 0 Å². The van der Waals surface area contributed by atoms with Crippen molar-refractivity contribution in [3.05, 3.63) is 21.8 Å². The highest BCUT2D eigenvalue weighted by atomic mass is 79.9. The van der Waals surface area contributed by atoms with Gasteiger partial charge in [-0.3, -0.25) is 0 Å². The summed E-state index contributed by atoms with van der Waals surface area (Å²) >= 11 is 9.26. The van der Waals surface area contributed by atoms with E-state index in [0.717, 1.165) is 10.9 Å². The van der Waals surface area contributed by atoms with Crippen molar-refractivity contribution in [2.45, 2.75) is 27.2 Å². The normalized spacial score (nSPS) is 11.5. The summed E-state index contributed by atoms with van der Waals surface area (Å²) in [6.07, 6.45) is 2.65. The van der Waals surface area contributed by atoms with Gasteiger partial charge in [0.1, 0.15) is 5.02 Å². The maximum absolute atomic E-state index is 5.96. The second-order valence-corrected chi connectivity index (χ2v) is 5.92. The number of ether oxygens (including phenoxy) is 1. The van der Waals surface area contributed by atoms with Crippen LogP contribution in [0.15, 0.2) is 16.7 Å². The summed E-state index contributed by atoms with van der Waals surface area (Å²) in [6, 6.07) is 1.78. The van der Waals surface area contributed by atoms with Crippen LogP contribution in [0.4, 0.5) is 0 Å². The van der Waals surface area contributed by atoms with Gasteiger partial charge in [-0.1, -0.05) is 32.4 Å². The van der Waals surface area contributed by atoms with Crippen molar-refractivity contribution in [2.24, 2.45) is 5.41 Å². The Morgan fingerprint density at radius 1 is 1.47 bits per heavy atom. The minimum atomic E-state index is 0.266. The molecule has 2 nitrogen and oxygen atoms in total. The lowest BCUT2D eigenvalue weighted by atomic mass is 9.93. The predicted octanol–water partition coefficient (Wildman–Crippen LogP) is 4.31. The Hall–Kier alpha value is -0.280. The van der Waals surface area contributed by atoms with Crippen molar-refractivity contribution < 1.29 is 4.74 Å². The number of pyridine rings is 1. The van der Waals surface area contributed by atoms with E-state index in [-0.39, 0.29) is 5.41 Å². The summed E-state index contributed by atoms with van der Waals surface area (Å²) in [7, 11) is 0. The number of aromatic nitrogens is 1. The van der Waals surface area contributed by atoms with E-state index in [1.165, 1.54) is 0 Å². The zero-order valence-corrected chi connectivity index (χ0v) is 11.5. The van der Waals surface area contributed by atoms with Gasteiger partial charge in [0.25, 0.3) is 0 Å². The van der Waals surface area contributed by atoms with E-state index in [9.17, 15) is 0 Å². The molecule has 0 aliphatic heterocycles. The molecule has 1 rings (SSSR count). The summed E-state index contributed by atoms with van der Waals surface area (Å²) in [5, 5.41) is 0.540. The second-order valence-electron chi connectivity index (χ2n) is 4.60. The van der Waals surface area contributed by atoms with Crippen molar-refractivity contribution in [2.75, 3.05) is 6.61 Å². The van der Waals surface area contributed by atoms with Gasteiger partial charge in [-0.05, 0) is 33.8 Å². The maximum atomic E-state index is 5.96. The van der Waals surface area contributed by atoms with Gasteiger partial charge in [-0.2, -0.15) is 0 Å². The number of halogens is 2. The van der Waals surface area contributed by atoms with Crippen molar-refractivity contribution in [1.82, 2.24) is 4.98 Å². The van der Waals surface area contributed by atoms with Crippen molar-refractivity contribution in [3.63, 3.8) is 0 Å². The number of nitrogens with zero attached hydrogens (tertiary/aromatic N) is 1. The number of hydrogen-bond donors (Lipinski definition) is 0. The van der Waals surface area contributed by atoms with Crippen LogP contribution in [0.2, 0.25) is 5.02 Å². The highest BCUT2D eigenvalue weighted by Gasteiger charge is 2.11. The van der Waals surface area contributed by atoms with Crippen LogP contribution in [0.5, 0.6) is 5.88 Å². The Morgan fingerprint density at radius 3 is 2.67 bits per heavy atom. The van der Waals surface area contributed by atoms with Crippen LogP contribution < -0.4 is 4.74 Å². The molecule has 1 heterocycles. The first-order chi connectivity index (χ1) is 6.88. The minimum absolute atomic E-state index is 0.266. The standard InChI is InChI=1S/C11H15BrClNO/c1-11(2,3)4-5-15-10-9(13)6-8(12)7-14-10/h6-7H,4-5H2,1-3H3. The van der Waals surface area contributed by atoms with Gasteiger partial charge in [0.15, 0.2) is 0 Å². The fourth-order valence-electron chi connectivity index (χ4n) is 0.962. The Bertz CT molecular complexity index is 336. The van der Waals surface area contributed by atoms with Gasteiger partial charge in [0.05, 0.1) is 6.61 Å². The Kier molecular flexibility index (Phi) is 4.41. The van der Waals surface area contributed by atoms with E-state index in [1.54, 1.807) is 12.3 Å². The van der Waals surface area contributed by atoms with E-state index in [1.807, 2.05) is 0 Å². The molecule has 0 saturated carbocycles. The van der Waals surface area contributed by atoms with Crippen LogP contribution in [-0.4, -0.2) is 11.6 Å². The Balaban J connectivity index is 2.51. The van der Waals surface area contributed by atoms with Gasteiger partial charge in [0, 0.05) is 10.7 Å². The zero-order valence-electron chi connectivity index (χ0n) is 9.18. The lowest BCUT2D eigenvalue weighted by molar-refractivity contribution is 0.236. The van der Waals surface area contributed by atoms with Gasteiger partial charge in [0.2, 0.25) is 5.88 Å². The third kappa shape index (κ3) is 4.85. The molecule has 1 aromatic heterocycles. The largest absolute Gasteiger partial charge is 0.477 e. The van der Waals surface area contributed by atoms with Crippen molar-refractivity contribution in [3.8, 4) is 5.88 Å². The molecule has 4 heteroatoms. The molecule has 0 fully saturated rings. The SMILES string of the molecule is CC(C)(C)CCOc1ncc(Br)cc1Cl. The Morgan fingerprint density at radius 2 is 2.13 bits per heavy atom. The molecular weight excluding hydrogens is 277 g/mol. The lowest BCUT2D eigenvalue weighted by Crippen LogP contribution is -2.11. The summed E-state index contributed by atoms with van der Waals surface area (Å²) in [6.45, 7) is 7.16. The molecule has 0 radical (unpaired) electrons. The Labute approximate surface area is 104 Å². The molecule has 0 bridgehead atoms. The first kappa shape index (κ1) is 12.8. The highest BCUT2D eigenvalue weighted by molar-refractivity contribution is 9.10. The predicted molar refractivity (Wildman–Crippen MR) is 66.5 cm³/mol. The third-order valence-corrected chi connectivity index (χ3v) is 2.57. The fourth-order valence-corrected chi connectivity index (χ4v) is 1.65. The average Bonchev–Trinajstić information content (AvgIpc) is 2.07. The molecule has 0 aromatic carbocycles. The fraction of sp³-hybridized carbons (Fsp3) is 0.545. The minimum Gasteiger partial charge on any atom is -0.477 e. The first-order valence-electron chi connectivity index (χ1n) is 4.82. The first-order valence-corrected chi connectivity index (χ1v) is 5.99. The molecule has 0 aliphatic carbocycles. The van der Waals surface area contributed by atoms with Crippen molar-refractivity contribution >= 4 is 27.5 Å². The zero-order chi connectivity index (χ0) is 11.5. The van der Waals surface area contributed by atoms with Crippen LogP contribution in [0, 0.1) is 5.41 Å². The summed E-state index contributed by atoms with van der Waals surface area (Å²) in [5.41, 5.74) is 0.266. The van der Waals surface area contributed by atoms with Gasteiger partial charge in [-0.25, -0.2) is 4.98 Å². The van der Waals surface area contributed by atoms with Crippen LogP contribution >= 0.6 is 27.5 Å². The lowest BCUT2D eigenvalue weighted by Gasteiger charge is -2.17. The maximum Gasteiger partial charge on any atom is 0.232 e. The van der Waals surface area contributed by atoms with E-state index >= 15 is 0 Å². The molecular formula is C11H15BrClNO. The molecule has 0 saturated heterocycles. The van der Waals surface area contributed by atoms with E-state index in [2.05, 4.69) is 41.7 Å². The summed E-state index contributed by atoms with van der Waals surface area (Å²) in [4.78, 5) is 4.10. The molecule has 15 heavy (non-hydrogen) atoms. The molecule has 0 spiro atoms. The van der Waals surface area contributed by atoms with E-state index in [0.29, 0.717) is 17.5 Å². The average molecular weight is 293 g/mol. The van der Waals surface area contributed by atoms with Gasteiger partial charge in [-0.15, -0.1) is 0 Å². The number of rotatable bonds is 3. The molecule has 1 aromatic rings. The van der Waals surface area contributed by atoms with E-state index < -0.39 is 0 Å². The van der Waals surface area contributed by atoms with Gasteiger partial charge < -0.3 is 4.74 Å². The quantitative estimate of drug-likeness (QED) is 0.828. The van der Waals surface area contributed by atoms with Crippen LogP contribution in [0.1, 0.15) is 27.2 Å².